The van der Waals surface area contributed by atoms with E-state index in [0.717, 1.165) is 19.3 Å². The molecule has 1 saturated carbocycles. The van der Waals surface area contributed by atoms with Gasteiger partial charge in [-0.2, -0.15) is 0 Å². The maximum absolute atomic E-state index is 11.0. The summed E-state index contributed by atoms with van der Waals surface area (Å²) in [5, 5.41) is 6.14. The second-order valence-corrected chi connectivity index (χ2v) is 2.87. The summed E-state index contributed by atoms with van der Waals surface area (Å²) in [6, 6.07) is 0. The minimum atomic E-state index is 0.149. The van der Waals surface area contributed by atoms with E-state index in [1.54, 1.807) is 0 Å². The van der Waals surface area contributed by atoms with E-state index in [-0.39, 0.29) is 11.8 Å². The van der Waals surface area contributed by atoms with Gasteiger partial charge in [0, 0.05) is 23.9 Å². The Morgan fingerprint density at radius 3 is 3.00 bits per heavy atom. The van der Waals surface area contributed by atoms with Crippen molar-refractivity contribution in [1.29, 1.82) is 0 Å². The van der Waals surface area contributed by atoms with Crippen LogP contribution in [0.3, 0.4) is 0 Å². The molecule has 0 radical (unpaired) electrons. The minimum absolute atomic E-state index is 0.149. The van der Waals surface area contributed by atoms with Crippen molar-refractivity contribution in [3.05, 3.63) is 10.4 Å². The first-order valence-electron chi connectivity index (χ1n) is 4.13. The van der Waals surface area contributed by atoms with Gasteiger partial charge in [0.15, 0.2) is 0 Å². The van der Waals surface area contributed by atoms with Crippen LogP contribution in [-0.4, -0.2) is 19.0 Å². The Balaban J connectivity index is 1.94. The third kappa shape index (κ3) is 3.25. The standard InChI is InChI=1S/C7H12N4O/c8-11-10-5-1-4-9-7(12)6-2-3-6/h6H,1-5H2,(H,9,12). The molecule has 0 unspecified atom stereocenters. The molecule has 1 amide bonds. The zero-order valence-electron chi connectivity index (χ0n) is 6.86. The highest BCUT2D eigenvalue weighted by Crippen LogP contribution is 2.28. The van der Waals surface area contributed by atoms with Gasteiger partial charge in [-0.1, -0.05) is 5.11 Å². The van der Waals surface area contributed by atoms with Crippen LogP contribution in [0.2, 0.25) is 0 Å². The Bertz CT molecular complexity index is 205. The van der Waals surface area contributed by atoms with Gasteiger partial charge < -0.3 is 5.32 Å². The van der Waals surface area contributed by atoms with Crippen molar-refractivity contribution in [2.45, 2.75) is 19.3 Å². The number of carbonyl (C=O) groups excluding carboxylic acids is 1. The van der Waals surface area contributed by atoms with Crippen molar-refractivity contribution >= 4 is 5.91 Å². The normalized spacial score (nSPS) is 15.0. The lowest BCUT2D eigenvalue weighted by molar-refractivity contribution is -0.122. The zero-order valence-corrected chi connectivity index (χ0v) is 6.86. The van der Waals surface area contributed by atoms with Gasteiger partial charge in [-0.3, -0.25) is 4.79 Å². The molecule has 1 rings (SSSR count). The topological polar surface area (TPSA) is 77.9 Å². The van der Waals surface area contributed by atoms with Crippen molar-refractivity contribution in [2.24, 2.45) is 11.0 Å². The Hall–Kier alpha value is -1.22. The highest BCUT2D eigenvalue weighted by molar-refractivity contribution is 5.80. The Morgan fingerprint density at radius 2 is 2.42 bits per heavy atom. The fraction of sp³-hybridized carbons (Fsp3) is 0.857. The van der Waals surface area contributed by atoms with E-state index < -0.39 is 0 Å². The Kier molecular flexibility index (Phi) is 3.41. The van der Waals surface area contributed by atoms with Gasteiger partial charge in [-0.05, 0) is 24.8 Å². The van der Waals surface area contributed by atoms with E-state index in [4.69, 9.17) is 5.53 Å². The Labute approximate surface area is 70.8 Å². The summed E-state index contributed by atoms with van der Waals surface area (Å²) in [6.07, 6.45) is 2.78. The van der Waals surface area contributed by atoms with Crippen LogP contribution in [0, 0.1) is 5.92 Å². The molecule has 5 heteroatoms. The molecule has 1 aliphatic rings. The number of azide groups is 1. The molecule has 66 valence electrons. The van der Waals surface area contributed by atoms with Gasteiger partial charge in [0.2, 0.25) is 5.91 Å². The number of carbonyl (C=O) groups is 1. The SMILES string of the molecule is [N-]=[N+]=NCCCNC(=O)C1CC1. The average Bonchev–Trinajstić information content (AvgIpc) is 2.86. The molecule has 0 spiro atoms. The fourth-order valence-corrected chi connectivity index (χ4v) is 0.896. The van der Waals surface area contributed by atoms with Gasteiger partial charge in [-0.15, -0.1) is 0 Å². The molecule has 1 N–H and O–H groups in total. The predicted molar refractivity (Wildman–Crippen MR) is 44.4 cm³/mol. The van der Waals surface area contributed by atoms with Gasteiger partial charge in [0.05, 0.1) is 0 Å². The summed E-state index contributed by atoms with van der Waals surface area (Å²) in [6.45, 7) is 1.08. The quantitative estimate of drug-likeness (QED) is 0.285. The average molecular weight is 168 g/mol. The predicted octanol–water partition coefficient (Wildman–Crippen LogP) is 1.21. The smallest absolute Gasteiger partial charge is 0.223 e. The van der Waals surface area contributed by atoms with Gasteiger partial charge >= 0.3 is 0 Å². The van der Waals surface area contributed by atoms with Crippen LogP contribution in [0.1, 0.15) is 19.3 Å². The van der Waals surface area contributed by atoms with E-state index in [1.807, 2.05) is 0 Å². The van der Waals surface area contributed by atoms with Crippen molar-refractivity contribution < 1.29 is 4.79 Å². The van der Waals surface area contributed by atoms with Crippen LogP contribution in [0.15, 0.2) is 5.11 Å². The van der Waals surface area contributed by atoms with Crippen LogP contribution >= 0.6 is 0 Å². The van der Waals surface area contributed by atoms with Crippen LogP contribution in [0.4, 0.5) is 0 Å². The van der Waals surface area contributed by atoms with E-state index in [9.17, 15) is 4.79 Å². The first-order chi connectivity index (χ1) is 5.84. The molecule has 0 aromatic rings. The monoisotopic (exact) mass is 168 g/mol. The number of nitrogens with one attached hydrogen (secondary N) is 1. The van der Waals surface area contributed by atoms with Crippen LogP contribution in [-0.2, 0) is 4.79 Å². The molecular weight excluding hydrogens is 156 g/mol. The summed E-state index contributed by atoms with van der Waals surface area (Å²) >= 11 is 0. The molecule has 0 aliphatic heterocycles. The largest absolute Gasteiger partial charge is 0.356 e. The molecule has 0 saturated heterocycles. The van der Waals surface area contributed by atoms with E-state index in [0.29, 0.717) is 13.1 Å². The molecule has 12 heavy (non-hydrogen) atoms. The molecule has 0 heterocycles. The van der Waals surface area contributed by atoms with Gasteiger partial charge in [0.1, 0.15) is 0 Å². The van der Waals surface area contributed by atoms with Crippen molar-refractivity contribution in [2.75, 3.05) is 13.1 Å². The number of amides is 1. The number of hydrogen-bond acceptors (Lipinski definition) is 2. The molecule has 1 aliphatic carbocycles. The van der Waals surface area contributed by atoms with Crippen molar-refractivity contribution in [3.63, 3.8) is 0 Å². The maximum Gasteiger partial charge on any atom is 0.223 e. The van der Waals surface area contributed by atoms with E-state index in [2.05, 4.69) is 15.3 Å². The second-order valence-electron chi connectivity index (χ2n) is 2.87. The van der Waals surface area contributed by atoms with Crippen LogP contribution in [0.25, 0.3) is 10.4 Å². The van der Waals surface area contributed by atoms with E-state index in [1.165, 1.54) is 0 Å². The third-order valence-electron chi connectivity index (χ3n) is 1.75. The van der Waals surface area contributed by atoms with Crippen LogP contribution in [0.5, 0.6) is 0 Å². The maximum atomic E-state index is 11.0. The summed E-state index contributed by atoms with van der Waals surface area (Å²) in [5.41, 5.74) is 7.94. The van der Waals surface area contributed by atoms with Crippen molar-refractivity contribution in [3.8, 4) is 0 Å². The molecule has 1 fully saturated rings. The summed E-state index contributed by atoms with van der Waals surface area (Å²) in [7, 11) is 0. The first kappa shape index (κ1) is 8.87. The number of nitrogens with zero attached hydrogens (tertiary/aromatic N) is 3. The summed E-state index contributed by atoms with van der Waals surface area (Å²) in [5.74, 6) is 0.417. The fourth-order valence-electron chi connectivity index (χ4n) is 0.896. The minimum Gasteiger partial charge on any atom is -0.356 e. The summed E-state index contributed by atoms with van der Waals surface area (Å²) < 4.78 is 0. The van der Waals surface area contributed by atoms with Crippen molar-refractivity contribution in [1.82, 2.24) is 5.32 Å². The third-order valence-corrected chi connectivity index (χ3v) is 1.75. The van der Waals surface area contributed by atoms with Gasteiger partial charge in [-0.25, -0.2) is 0 Å². The zero-order chi connectivity index (χ0) is 8.81. The lowest BCUT2D eigenvalue weighted by atomic mass is 10.3. The molecule has 0 atom stereocenters. The highest BCUT2D eigenvalue weighted by Gasteiger charge is 2.28. The molecule has 0 bridgehead atoms. The summed E-state index contributed by atoms with van der Waals surface area (Å²) in [4.78, 5) is 13.6. The van der Waals surface area contributed by atoms with Crippen LogP contribution < -0.4 is 5.32 Å². The second kappa shape index (κ2) is 4.62. The van der Waals surface area contributed by atoms with Gasteiger partial charge in [0.25, 0.3) is 0 Å². The lowest BCUT2D eigenvalue weighted by Crippen LogP contribution is -2.26. The molecule has 0 aromatic carbocycles. The number of hydrogen-bond donors (Lipinski definition) is 1. The molecular formula is C7H12N4O. The molecule has 5 nitrogen and oxygen atoms in total. The lowest BCUT2D eigenvalue weighted by Gasteiger charge is -2.00. The highest BCUT2D eigenvalue weighted by atomic mass is 16.2. The van der Waals surface area contributed by atoms with E-state index >= 15 is 0 Å². The Morgan fingerprint density at radius 1 is 1.67 bits per heavy atom. The first-order valence-corrected chi connectivity index (χ1v) is 4.13. The number of rotatable bonds is 5. The molecule has 0 aromatic heterocycles.